The molecule has 23 heavy (non-hydrogen) atoms. The molecule has 0 aliphatic rings. The maximum atomic E-state index is 12.5. The van der Waals surface area contributed by atoms with Gasteiger partial charge < -0.3 is 10.6 Å². The van der Waals surface area contributed by atoms with Crippen molar-refractivity contribution in [3.63, 3.8) is 0 Å². The molecule has 2 N–H and O–H groups in total. The van der Waals surface area contributed by atoms with Crippen LogP contribution in [0.2, 0.25) is 0 Å². The van der Waals surface area contributed by atoms with Crippen molar-refractivity contribution in [1.29, 1.82) is 0 Å². The SMILES string of the molecule is Cc1ccc(NC(C)C(=O)Nc2ccc(C(F)(F)F)cc2)cc1. The van der Waals surface area contributed by atoms with Gasteiger partial charge in [-0.3, -0.25) is 4.79 Å². The molecule has 2 rings (SSSR count). The molecular formula is C17H17F3N2O. The van der Waals surface area contributed by atoms with E-state index in [0.717, 1.165) is 23.4 Å². The number of halogens is 3. The molecule has 0 fully saturated rings. The highest BCUT2D eigenvalue weighted by atomic mass is 19.4. The minimum Gasteiger partial charge on any atom is -0.374 e. The number of nitrogens with one attached hydrogen (secondary N) is 2. The highest BCUT2D eigenvalue weighted by molar-refractivity contribution is 5.96. The lowest BCUT2D eigenvalue weighted by Gasteiger charge is -2.16. The van der Waals surface area contributed by atoms with Gasteiger partial charge in [0.1, 0.15) is 6.04 Å². The number of hydrogen-bond donors (Lipinski definition) is 2. The Hall–Kier alpha value is -2.50. The molecule has 2 aromatic rings. The molecule has 2 aromatic carbocycles. The summed E-state index contributed by atoms with van der Waals surface area (Å²) >= 11 is 0. The molecule has 0 saturated carbocycles. The Kier molecular flexibility index (Phi) is 4.93. The monoisotopic (exact) mass is 322 g/mol. The first-order chi connectivity index (χ1) is 10.8. The first kappa shape index (κ1) is 16.9. The molecule has 1 unspecified atom stereocenters. The van der Waals surface area contributed by atoms with E-state index in [9.17, 15) is 18.0 Å². The first-order valence-corrected chi connectivity index (χ1v) is 7.07. The van der Waals surface area contributed by atoms with Gasteiger partial charge >= 0.3 is 6.18 Å². The Morgan fingerprint density at radius 2 is 1.48 bits per heavy atom. The van der Waals surface area contributed by atoms with Crippen molar-refractivity contribution in [2.24, 2.45) is 0 Å². The van der Waals surface area contributed by atoms with Crippen LogP contribution in [0.5, 0.6) is 0 Å². The van der Waals surface area contributed by atoms with Crippen LogP contribution in [0, 0.1) is 6.92 Å². The van der Waals surface area contributed by atoms with Crippen LogP contribution in [-0.2, 0) is 11.0 Å². The standard InChI is InChI=1S/C17H17F3N2O/c1-11-3-7-14(8-4-11)21-12(2)16(23)22-15-9-5-13(6-10-15)17(18,19)20/h3-10,12,21H,1-2H3,(H,22,23). The molecule has 0 saturated heterocycles. The average Bonchev–Trinajstić information content (AvgIpc) is 2.49. The van der Waals surface area contributed by atoms with Crippen LogP contribution in [0.3, 0.4) is 0 Å². The fraction of sp³-hybridized carbons (Fsp3) is 0.235. The van der Waals surface area contributed by atoms with E-state index in [4.69, 9.17) is 0 Å². The van der Waals surface area contributed by atoms with Crippen molar-refractivity contribution in [3.8, 4) is 0 Å². The van der Waals surface area contributed by atoms with Gasteiger partial charge in [0.25, 0.3) is 0 Å². The number of alkyl halides is 3. The number of rotatable bonds is 4. The molecule has 0 aliphatic heterocycles. The van der Waals surface area contributed by atoms with Gasteiger partial charge in [0.15, 0.2) is 0 Å². The summed E-state index contributed by atoms with van der Waals surface area (Å²) in [5, 5.41) is 5.62. The zero-order valence-corrected chi connectivity index (χ0v) is 12.7. The van der Waals surface area contributed by atoms with Crippen molar-refractivity contribution in [1.82, 2.24) is 0 Å². The summed E-state index contributed by atoms with van der Waals surface area (Å²) < 4.78 is 37.5. The summed E-state index contributed by atoms with van der Waals surface area (Å²) in [6.45, 7) is 3.64. The lowest BCUT2D eigenvalue weighted by Crippen LogP contribution is -2.31. The highest BCUT2D eigenvalue weighted by Crippen LogP contribution is 2.29. The predicted molar refractivity (Wildman–Crippen MR) is 84.3 cm³/mol. The van der Waals surface area contributed by atoms with Crippen LogP contribution in [0.1, 0.15) is 18.1 Å². The minimum atomic E-state index is -4.39. The lowest BCUT2D eigenvalue weighted by molar-refractivity contribution is -0.137. The molecule has 0 aliphatic carbocycles. The van der Waals surface area contributed by atoms with Gasteiger partial charge in [0.2, 0.25) is 5.91 Å². The quantitative estimate of drug-likeness (QED) is 0.873. The number of hydrogen-bond acceptors (Lipinski definition) is 2. The number of anilines is 2. The first-order valence-electron chi connectivity index (χ1n) is 7.07. The van der Waals surface area contributed by atoms with Gasteiger partial charge in [-0.25, -0.2) is 0 Å². The molecule has 0 spiro atoms. The van der Waals surface area contributed by atoms with E-state index in [1.165, 1.54) is 12.1 Å². The minimum absolute atomic E-state index is 0.320. The Morgan fingerprint density at radius 1 is 0.957 bits per heavy atom. The third-order valence-electron chi connectivity index (χ3n) is 3.31. The third kappa shape index (κ3) is 4.74. The number of benzene rings is 2. The van der Waals surface area contributed by atoms with Crippen molar-refractivity contribution < 1.29 is 18.0 Å². The molecular weight excluding hydrogens is 305 g/mol. The fourth-order valence-electron chi connectivity index (χ4n) is 1.96. The van der Waals surface area contributed by atoms with Crippen LogP contribution in [0.25, 0.3) is 0 Å². The number of carbonyl (C=O) groups is 1. The van der Waals surface area contributed by atoms with E-state index in [0.29, 0.717) is 5.69 Å². The van der Waals surface area contributed by atoms with Gasteiger partial charge in [-0.1, -0.05) is 17.7 Å². The van der Waals surface area contributed by atoms with Crippen molar-refractivity contribution >= 4 is 17.3 Å². The van der Waals surface area contributed by atoms with E-state index in [-0.39, 0.29) is 5.91 Å². The highest BCUT2D eigenvalue weighted by Gasteiger charge is 2.30. The van der Waals surface area contributed by atoms with Crippen molar-refractivity contribution in [2.45, 2.75) is 26.1 Å². The van der Waals surface area contributed by atoms with Gasteiger partial charge in [-0.05, 0) is 50.2 Å². The van der Waals surface area contributed by atoms with E-state index in [1.54, 1.807) is 6.92 Å². The van der Waals surface area contributed by atoms with Crippen LogP contribution >= 0.6 is 0 Å². The van der Waals surface area contributed by atoms with Crippen molar-refractivity contribution in [2.75, 3.05) is 10.6 Å². The third-order valence-corrected chi connectivity index (χ3v) is 3.31. The van der Waals surface area contributed by atoms with Crippen LogP contribution in [-0.4, -0.2) is 11.9 Å². The van der Waals surface area contributed by atoms with Gasteiger partial charge in [0.05, 0.1) is 5.56 Å². The molecule has 1 atom stereocenters. The second-order valence-corrected chi connectivity index (χ2v) is 5.30. The summed E-state index contributed by atoms with van der Waals surface area (Å²) in [4.78, 5) is 12.1. The maximum Gasteiger partial charge on any atom is 0.416 e. The van der Waals surface area contributed by atoms with Crippen LogP contribution in [0.15, 0.2) is 48.5 Å². The van der Waals surface area contributed by atoms with Crippen LogP contribution < -0.4 is 10.6 Å². The zero-order valence-electron chi connectivity index (χ0n) is 12.7. The van der Waals surface area contributed by atoms with E-state index in [2.05, 4.69) is 10.6 Å². The molecule has 6 heteroatoms. The average molecular weight is 322 g/mol. The van der Waals surface area contributed by atoms with Gasteiger partial charge in [-0.2, -0.15) is 13.2 Å². The Balaban J connectivity index is 1.96. The number of aryl methyl sites for hydroxylation is 1. The second kappa shape index (κ2) is 6.73. The number of carbonyl (C=O) groups excluding carboxylic acids is 1. The number of amides is 1. The van der Waals surface area contributed by atoms with Gasteiger partial charge in [0, 0.05) is 11.4 Å². The Bertz CT molecular complexity index is 664. The molecule has 122 valence electrons. The predicted octanol–water partition coefficient (Wildman–Crippen LogP) is 4.45. The topological polar surface area (TPSA) is 41.1 Å². The summed E-state index contributed by atoms with van der Waals surface area (Å²) in [5.41, 5.74) is 1.48. The molecule has 0 aromatic heterocycles. The summed E-state index contributed by atoms with van der Waals surface area (Å²) in [5.74, 6) is -0.328. The largest absolute Gasteiger partial charge is 0.416 e. The molecule has 0 bridgehead atoms. The Morgan fingerprint density at radius 3 is 2.00 bits per heavy atom. The maximum absolute atomic E-state index is 12.5. The second-order valence-electron chi connectivity index (χ2n) is 5.30. The van der Waals surface area contributed by atoms with Gasteiger partial charge in [-0.15, -0.1) is 0 Å². The lowest BCUT2D eigenvalue weighted by atomic mass is 10.2. The molecule has 0 radical (unpaired) electrons. The smallest absolute Gasteiger partial charge is 0.374 e. The summed E-state index contributed by atoms with van der Waals surface area (Å²) in [7, 11) is 0. The van der Waals surface area contributed by atoms with E-state index in [1.807, 2.05) is 31.2 Å². The zero-order chi connectivity index (χ0) is 17.0. The molecule has 0 heterocycles. The normalized spacial score (nSPS) is 12.6. The summed E-state index contributed by atoms with van der Waals surface area (Å²) in [6.07, 6.45) is -4.39. The Labute approximate surface area is 132 Å². The fourth-order valence-corrected chi connectivity index (χ4v) is 1.96. The van der Waals surface area contributed by atoms with Crippen molar-refractivity contribution in [3.05, 3.63) is 59.7 Å². The van der Waals surface area contributed by atoms with E-state index >= 15 is 0 Å². The molecule has 1 amide bonds. The molecule has 3 nitrogen and oxygen atoms in total. The van der Waals surface area contributed by atoms with E-state index < -0.39 is 17.8 Å². The van der Waals surface area contributed by atoms with Crippen LogP contribution in [0.4, 0.5) is 24.5 Å². The summed E-state index contributed by atoms with van der Waals surface area (Å²) in [6, 6.07) is 11.4.